The monoisotopic (exact) mass is 343 g/mol. The number of amides is 3. The lowest BCUT2D eigenvalue weighted by Gasteiger charge is -2.18. The summed E-state index contributed by atoms with van der Waals surface area (Å²) < 4.78 is 0. The molecule has 1 heterocycles. The van der Waals surface area contributed by atoms with Gasteiger partial charge in [-0.2, -0.15) is 0 Å². The van der Waals surface area contributed by atoms with Crippen LogP contribution in [0.2, 0.25) is 0 Å². The van der Waals surface area contributed by atoms with Crippen LogP contribution in [0, 0.1) is 0 Å². The Balaban J connectivity index is 2.15. The average Bonchev–Trinajstić information content (AvgIpc) is 2.84. The van der Waals surface area contributed by atoms with Crippen molar-refractivity contribution in [3.8, 4) is 10.4 Å². The molecule has 24 heavy (non-hydrogen) atoms. The number of carbonyl (C=O) groups is 3. The van der Waals surface area contributed by atoms with E-state index in [9.17, 15) is 14.4 Å². The molecule has 2 aromatic rings. The molecule has 0 fully saturated rings. The van der Waals surface area contributed by atoms with E-state index in [0.717, 1.165) is 28.0 Å². The van der Waals surface area contributed by atoms with E-state index in [1.54, 1.807) is 0 Å². The topological polar surface area (TPSA) is 101 Å². The lowest BCUT2D eigenvalue weighted by Crippen LogP contribution is -2.17. The summed E-state index contributed by atoms with van der Waals surface area (Å²) in [5, 5.41) is 5.95. The van der Waals surface area contributed by atoms with Gasteiger partial charge >= 0.3 is 0 Å². The van der Waals surface area contributed by atoms with E-state index in [1.807, 2.05) is 18.2 Å². The molecule has 1 aliphatic carbocycles. The largest absolute Gasteiger partial charge is 0.365 e. The highest BCUT2D eigenvalue weighted by atomic mass is 32.1. The van der Waals surface area contributed by atoms with Gasteiger partial charge in [-0.1, -0.05) is 6.07 Å². The Morgan fingerprint density at radius 1 is 1.08 bits per heavy atom. The van der Waals surface area contributed by atoms with Crippen molar-refractivity contribution in [1.82, 2.24) is 0 Å². The number of benzene rings is 1. The summed E-state index contributed by atoms with van der Waals surface area (Å²) in [6, 6.07) is 5.74. The number of hydrogen-bond donors (Lipinski definition) is 3. The van der Waals surface area contributed by atoms with E-state index in [-0.39, 0.29) is 11.8 Å². The molecule has 0 saturated heterocycles. The average molecular weight is 343 g/mol. The summed E-state index contributed by atoms with van der Waals surface area (Å²) in [5.41, 5.74) is 9.59. The van der Waals surface area contributed by atoms with E-state index in [2.05, 4.69) is 10.6 Å². The summed E-state index contributed by atoms with van der Waals surface area (Å²) >= 11 is 1.34. The molecule has 0 spiro atoms. The molecule has 0 atom stereocenters. The number of fused-ring (bicyclic) bond motifs is 3. The molecule has 1 aromatic carbocycles. The van der Waals surface area contributed by atoms with Crippen molar-refractivity contribution in [3.05, 3.63) is 34.9 Å². The highest BCUT2D eigenvalue weighted by molar-refractivity contribution is 7.20. The maximum atomic E-state index is 11.9. The molecule has 7 heteroatoms. The third-order valence-electron chi connectivity index (χ3n) is 3.86. The number of anilines is 2. The molecule has 0 aliphatic heterocycles. The van der Waals surface area contributed by atoms with Crippen LogP contribution in [0.3, 0.4) is 0 Å². The van der Waals surface area contributed by atoms with Crippen LogP contribution in [0.1, 0.15) is 35.3 Å². The van der Waals surface area contributed by atoms with Crippen LogP contribution in [0.15, 0.2) is 18.2 Å². The van der Waals surface area contributed by atoms with Crippen LogP contribution in [0.4, 0.5) is 10.7 Å². The first-order valence-electron chi connectivity index (χ1n) is 7.50. The number of nitrogens with one attached hydrogen (secondary N) is 2. The molecule has 0 unspecified atom stereocenters. The van der Waals surface area contributed by atoms with Gasteiger partial charge in [0.05, 0.1) is 5.56 Å². The third kappa shape index (κ3) is 2.90. The minimum Gasteiger partial charge on any atom is -0.365 e. The van der Waals surface area contributed by atoms with Gasteiger partial charge in [0.25, 0.3) is 5.91 Å². The highest BCUT2D eigenvalue weighted by Crippen LogP contribution is 2.45. The van der Waals surface area contributed by atoms with E-state index in [0.29, 0.717) is 22.7 Å². The molecule has 1 aromatic heterocycles. The summed E-state index contributed by atoms with van der Waals surface area (Å²) in [6.45, 7) is 2.85. The fourth-order valence-electron chi connectivity index (χ4n) is 2.98. The second-order valence-corrected chi connectivity index (χ2v) is 6.73. The SMILES string of the molecule is CC(=O)Nc1ccc2c(c1)-c1sc(NC(C)=O)c(C(N)=O)c1CC2. The molecule has 3 rings (SSSR count). The summed E-state index contributed by atoms with van der Waals surface area (Å²) in [5.74, 6) is -0.935. The fraction of sp³-hybridized carbons (Fsp3) is 0.235. The van der Waals surface area contributed by atoms with Crippen LogP contribution >= 0.6 is 11.3 Å². The predicted molar refractivity (Wildman–Crippen MR) is 94.3 cm³/mol. The maximum Gasteiger partial charge on any atom is 0.252 e. The predicted octanol–water partition coefficient (Wildman–Crippen LogP) is 2.53. The van der Waals surface area contributed by atoms with Crippen LogP contribution in [-0.2, 0) is 22.4 Å². The lowest BCUT2D eigenvalue weighted by atomic mass is 9.89. The molecule has 4 N–H and O–H groups in total. The lowest BCUT2D eigenvalue weighted by molar-refractivity contribution is -0.115. The van der Waals surface area contributed by atoms with Gasteiger partial charge in [-0.15, -0.1) is 11.3 Å². The second-order valence-electron chi connectivity index (χ2n) is 5.71. The molecule has 1 aliphatic rings. The van der Waals surface area contributed by atoms with Gasteiger partial charge < -0.3 is 16.4 Å². The quantitative estimate of drug-likeness (QED) is 0.798. The van der Waals surface area contributed by atoms with Crippen LogP contribution in [-0.4, -0.2) is 17.7 Å². The number of primary amides is 1. The van der Waals surface area contributed by atoms with Gasteiger partial charge in [0.15, 0.2) is 0 Å². The van der Waals surface area contributed by atoms with E-state index in [4.69, 9.17) is 5.73 Å². The third-order valence-corrected chi connectivity index (χ3v) is 5.04. The number of nitrogens with two attached hydrogens (primary N) is 1. The Hall–Kier alpha value is -2.67. The molecule has 0 bridgehead atoms. The van der Waals surface area contributed by atoms with E-state index < -0.39 is 5.91 Å². The molecular weight excluding hydrogens is 326 g/mol. The van der Waals surface area contributed by atoms with Gasteiger partial charge in [0, 0.05) is 24.4 Å². The molecule has 0 saturated carbocycles. The van der Waals surface area contributed by atoms with Gasteiger partial charge in [0.2, 0.25) is 11.8 Å². The normalized spacial score (nSPS) is 12.1. The number of hydrogen-bond acceptors (Lipinski definition) is 4. The standard InChI is InChI=1S/C17H17N3O3S/c1-8(21)19-11-5-3-10-4-6-12-14(16(18)23)17(20-9(2)22)24-15(12)13(10)7-11/h3,5,7H,4,6H2,1-2H3,(H2,18,23)(H,19,21)(H,20,22). The van der Waals surface area contributed by atoms with Crippen molar-refractivity contribution < 1.29 is 14.4 Å². The van der Waals surface area contributed by atoms with Gasteiger partial charge in [-0.3, -0.25) is 14.4 Å². The van der Waals surface area contributed by atoms with Gasteiger partial charge in [-0.05, 0) is 41.7 Å². The molecule has 124 valence electrons. The zero-order chi connectivity index (χ0) is 17.4. The first kappa shape index (κ1) is 16.2. The smallest absolute Gasteiger partial charge is 0.252 e. The summed E-state index contributed by atoms with van der Waals surface area (Å²) in [4.78, 5) is 35.5. The minimum absolute atomic E-state index is 0.145. The Morgan fingerprint density at radius 3 is 2.42 bits per heavy atom. The summed E-state index contributed by atoms with van der Waals surface area (Å²) in [7, 11) is 0. The Bertz CT molecular complexity index is 870. The van der Waals surface area contributed by atoms with Crippen molar-refractivity contribution in [2.45, 2.75) is 26.7 Å². The first-order valence-corrected chi connectivity index (χ1v) is 8.32. The Labute approximate surface area is 143 Å². The Kier molecular flexibility index (Phi) is 4.11. The molecule has 0 radical (unpaired) electrons. The second kappa shape index (κ2) is 6.09. The first-order chi connectivity index (χ1) is 11.4. The van der Waals surface area contributed by atoms with E-state index >= 15 is 0 Å². The zero-order valence-corrected chi connectivity index (χ0v) is 14.2. The van der Waals surface area contributed by atoms with Crippen molar-refractivity contribution in [2.75, 3.05) is 10.6 Å². The fourth-order valence-corrected chi connectivity index (χ4v) is 4.33. The Morgan fingerprint density at radius 2 is 1.79 bits per heavy atom. The minimum atomic E-state index is -0.544. The molecule has 6 nitrogen and oxygen atoms in total. The summed E-state index contributed by atoms with van der Waals surface area (Å²) in [6.07, 6.45) is 1.47. The van der Waals surface area contributed by atoms with Crippen molar-refractivity contribution in [3.63, 3.8) is 0 Å². The van der Waals surface area contributed by atoms with Crippen molar-refractivity contribution >= 4 is 39.7 Å². The number of aryl methyl sites for hydroxylation is 1. The van der Waals surface area contributed by atoms with E-state index in [1.165, 1.54) is 25.2 Å². The molecule has 3 amide bonds. The molecular formula is C17H17N3O3S. The number of thiophene rings is 1. The van der Waals surface area contributed by atoms with Gasteiger partial charge in [-0.25, -0.2) is 0 Å². The van der Waals surface area contributed by atoms with Crippen LogP contribution < -0.4 is 16.4 Å². The van der Waals surface area contributed by atoms with Crippen molar-refractivity contribution in [2.24, 2.45) is 5.73 Å². The van der Waals surface area contributed by atoms with Gasteiger partial charge in [0.1, 0.15) is 5.00 Å². The number of rotatable bonds is 3. The number of carbonyl (C=O) groups excluding carboxylic acids is 3. The maximum absolute atomic E-state index is 11.9. The van der Waals surface area contributed by atoms with Crippen molar-refractivity contribution in [1.29, 1.82) is 0 Å². The highest BCUT2D eigenvalue weighted by Gasteiger charge is 2.27. The zero-order valence-electron chi connectivity index (χ0n) is 13.4. The van der Waals surface area contributed by atoms with Crippen LogP contribution in [0.25, 0.3) is 10.4 Å². The van der Waals surface area contributed by atoms with Crippen LogP contribution in [0.5, 0.6) is 0 Å².